The van der Waals surface area contributed by atoms with Crippen LogP contribution in [0.2, 0.25) is 0 Å². The average molecular weight is 565 g/mol. The van der Waals surface area contributed by atoms with Gasteiger partial charge >= 0.3 is 0 Å². The van der Waals surface area contributed by atoms with E-state index in [0.29, 0.717) is 13.1 Å². The Hall–Kier alpha value is -2.69. The zero-order chi connectivity index (χ0) is 22.8. The maximum atomic E-state index is 13.1. The smallest absolute Gasteiger partial charge is 0.191 e. The summed E-state index contributed by atoms with van der Waals surface area (Å²) in [6.07, 6.45) is 1.74. The van der Waals surface area contributed by atoms with Gasteiger partial charge in [0.1, 0.15) is 18.2 Å². The molecule has 2 aromatic carbocycles. The summed E-state index contributed by atoms with van der Waals surface area (Å²) >= 11 is 0. The molecule has 3 aromatic rings. The lowest BCUT2D eigenvalue weighted by Crippen LogP contribution is -2.39. The van der Waals surface area contributed by atoms with E-state index in [-0.39, 0.29) is 29.8 Å². The molecule has 0 fully saturated rings. The maximum absolute atomic E-state index is 13.1. The summed E-state index contributed by atoms with van der Waals surface area (Å²) < 4.78 is 15.0. The first-order valence-corrected chi connectivity index (χ1v) is 10.9. The zero-order valence-corrected chi connectivity index (χ0v) is 21.8. The first-order chi connectivity index (χ1) is 15.5. The van der Waals surface area contributed by atoms with Crippen molar-refractivity contribution in [3.8, 4) is 0 Å². The number of aliphatic imine (C=N–C) groups is 1. The highest BCUT2D eigenvalue weighted by Crippen LogP contribution is 2.10. The lowest BCUT2D eigenvalue weighted by atomic mass is 10.1. The van der Waals surface area contributed by atoms with E-state index in [1.165, 1.54) is 17.8 Å². The third-order valence-electron chi connectivity index (χ3n) is 5.34. The Morgan fingerprint density at radius 3 is 2.39 bits per heavy atom. The number of benzene rings is 2. The molecule has 33 heavy (non-hydrogen) atoms. The van der Waals surface area contributed by atoms with Gasteiger partial charge in [-0.2, -0.15) is 0 Å². The minimum absolute atomic E-state index is 0. The molecular weight excluding hydrogens is 532 g/mol. The third-order valence-corrected chi connectivity index (χ3v) is 5.34. The molecule has 7 nitrogen and oxygen atoms in total. The van der Waals surface area contributed by atoms with Crippen molar-refractivity contribution in [2.45, 2.75) is 26.3 Å². The second-order valence-electron chi connectivity index (χ2n) is 7.73. The first kappa shape index (κ1) is 26.6. The van der Waals surface area contributed by atoms with Crippen molar-refractivity contribution >= 4 is 35.6 Å². The van der Waals surface area contributed by atoms with Crippen molar-refractivity contribution in [3.63, 3.8) is 0 Å². The lowest BCUT2D eigenvalue weighted by Gasteiger charge is -2.19. The molecule has 2 N–H and O–H groups in total. The molecule has 9 heteroatoms. The number of anilines is 1. The lowest BCUT2D eigenvalue weighted by molar-refractivity contribution is 0.626. The summed E-state index contributed by atoms with van der Waals surface area (Å²) in [6.45, 7) is 4.77. The first-order valence-electron chi connectivity index (χ1n) is 10.9. The number of hydrogen-bond acceptors (Lipinski definition) is 4. The molecule has 0 aliphatic carbocycles. The number of aryl methyl sites for hydroxylation is 1. The van der Waals surface area contributed by atoms with E-state index in [9.17, 15) is 4.39 Å². The highest BCUT2D eigenvalue weighted by atomic mass is 127. The van der Waals surface area contributed by atoms with Gasteiger partial charge in [-0.05, 0) is 49.6 Å². The van der Waals surface area contributed by atoms with Crippen LogP contribution in [0.3, 0.4) is 0 Å². The van der Waals surface area contributed by atoms with Gasteiger partial charge in [0.05, 0.1) is 0 Å². The Kier molecular flexibility index (Phi) is 11.1. The minimum Gasteiger partial charge on any atom is -0.375 e. The van der Waals surface area contributed by atoms with E-state index in [4.69, 9.17) is 0 Å². The largest absolute Gasteiger partial charge is 0.375 e. The fraction of sp³-hybridized carbons (Fsp3) is 0.375. The average Bonchev–Trinajstić information content (AvgIpc) is 3.13. The summed E-state index contributed by atoms with van der Waals surface area (Å²) in [7, 11) is 4.04. The molecule has 0 saturated heterocycles. The van der Waals surface area contributed by atoms with Gasteiger partial charge in [-0.1, -0.05) is 30.3 Å². The van der Waals surface area contributed by atoms with Crippen LogP contribution in [0.4, 0.5) is 10.1 Å². The Balaban J connectivity index is 0.00000385. The van der Waals surface area contributed by atoms with Crippen LogP contribution in [-0.4, -0.2) is 47.4 Å². The second kappa shape index (κ2) is 13.8. The van der Waals surface area contributed by atoms with E-state index < -0.39 is 0 Å². The fourth-order valence-electron chi connectivity index (χ4n) is 3.22. The number of nitrogens with zero attached hydrogens (tertiary/aromatic N) is 5. The summed E-state index contributed by atoms with van der Waals surface area (Å²) in [5.74, 6) is 2.18. The van der Waals surface area contributed by atoms with Crippen LogP contribution in [0, 0.1) is 12.7 Å². The van der Waals surface area contributed by atoms with E-state index >= 15 is 0 Å². The van der Waals surface area contributed by atoms with Crippen molar-refractivity contribution < 1.29 is 4.39 Å². The predicted octanol–water partition coefficient (Wildman–Crippen LogP) is 3.69. The van der Waals surface area contributed by atoms with E-state index in [2.05, 4.69) is 49.9 Å². The van der Waals surface area contributed by atoms with Crippen molar-refractivity contribution in [1.29, 1.82) is 0 Å². The maximum Gasteiger partial charge on any atom is 0.191 e. The molecule has 0 spiro atoms. The molecule has 0 aliphatic rings. The topological polar surface area (TPSA) is 70.4 Å². The van der Waals surface area contributed by atoms with Gasteiger partial charge in [-0.3, -0.25) is 0 Å². The molecule has 0 bridgehead atoms. The van der Waals surface area contributed by atoms with Crippen molar-refractivity contribution in [3.05, 3.63) is 77.6 Å². The number of aromatic nitrogens is 3. The van der Waals surface area contributed by atoms with E-state index in [1.54, 1.807) is 0 Å². The SMILES string of the molecule is Cc1nnc(CN=C(NCCCN(C)c2ccccc2)NCCc2ccc(F)cc2)n1C.I. The molecule has 0 atom stereocenters. The Labute approximate surface area is 212 Å². The molecule has 178 valence electrons. The fourth-order valence-corrected chi connectivity index (χ4v) is 3.22. The number of para-hydroxylation sites is 1. The van der Waals surface area contributed by atoms with E-state index in [0.717, 1.165) is 49.1 Å². The van der Waals surface area contributed by atoms with Crippen LogP contribution in [-0.2, 0) is 20.0 Å². The number of rotatable bonds is 10. The summed E-state index contributed by atoms with van der Waals surface area (Å²) in [5, 5.41) is 15.1. The highest BCUT2D eigenvalue weighted by molar-refractivity contribution is 14.0. The van der Waals surface area contributed by atoms with Crippen LogP contribution in [0.1, 0.15) is 23.6 Å². The van der Waals surface area contributed by atoms with Crippen LogP contribution in [0.5, 0.6) is 0 Å². The van der Waals surface area contributed by atoms with Crippen LogP contribution in [0.25, 0.3) is 0 Å². The zero-order valence-electron chi connectivity index (χ0n) is 19.5. The number of nitrogens with one attached hydrogen (secondary N) is 2. The van der Waals surface area contributed by atoms with Gasteiger partial charge in [0.15, 0.2) is 11.8 Å². The van der Waals surface area contributed by atoms with Crippen LogP contribution in [0.15, 0.2) is 59.6 Å². The quantitative estimate of drug-likeness (QED) is 0.170. The highest BCUT2D eigenvalue weighted by Gasteiger charge is 2.06. The molecular formula is C24H33FIN7. The van der Waals surface area contributed by atoms with E-state index in [1.807, 2.05) is 48.9 Å². The van der Waals surface area contributed by atoms with Gasteiger partial charge in [-0.15, -0.1) is 34.2 Å². The monoisotopic (exact) mass is 565 g/mol. The second-order valence-corrected chi connectivity index (χ2v) is 7.73. The van der Waals surface area contributed by atoms with Gasteiger partial charge in [-0.25, -0.2) is 9.38 Å². The number of guanidine groups is 1. The molecule has 0 aliphatic heterocycles. The summed E-state index contributed by atoms with van der Waals surface area (Å²) in [5.41, 5.74) is 2.28. The number of hydrogen-bond donors (Lipinski definition) is 2. The standard InChI is InChI=1S/C24H32FN7.HI/c1-19-29-30-23(32(19)3)18-28-24(27-16-14-20-10-12-21(25)13-11-20)26-15-7-17-31(2)22-8-5-4-6-9-22;/h4-6,8-13H,7,14-18H2,1-3H3,(H2,26,27,28);1H. The molecule has 1 aromatic heterocycles. The number of halogens is 2. The molecule has 0 saturated carbocycles. The van der Waals surface area contributed by atoms with Crippen molar-refractivity contribution in [2.24, 2.45) is 12.0 Å². The Morgan fingerprint density at radius 1 is 1.03 bits per heavy atom. The molecule has 0 unspecified atom stereocenters. The molecule has 1 heterocycles. The normalized spacial score (nSPS) is 11.1. The van der Waals surface area contributed by atoms with Crippen LogP contribution >= 0.6 is 24.0 Å². The van der Waals surface area contributed by atoms with Crippen molar-refractivity contribution in [2.75, 3.05) is 31.6 Å². The summed E-state index contributed by atoms with van der Waals surface area (Å²) in [6, 6.07) is 16.9. The third kappa shape index (κ3) is 8.64. The van der Waals surface area contributed by atoms with Gasteiger partial charge in [0, 0.05) is 39.4 Å². The minimum atomic E-state index is -0.218. The van der Waals surface area contributed by atoms with Gasteiger partial charge in [0.2, 0.25) is 0 Å². The van der Waals surface area contributed by atoms with Crippen LogP contribution < -0.4 is 15.5 Å². The molecule has 0 radical (unpaired) electrons. The summed E-state index contributed by atoms with van der Waals surface area (Å²) in [4.78, 5) is 6.92. The molecule has 3 rings (SSSR count). The van der Waals surface area contributed by atoms with Gasteiger partial charge < -0.3 is 20.1 Å². The Bertz CT molecular complexity index is 990. The van der Waals surface area contributed by atoms with Crippen molar-refractivity contribution in [1.82, 2.24) is 25.4 Å². The van der Waals surface area contributed by atoms with Gasteiger partial charge in [0.25, 0.3) is 0 Å². The Morgan fingerprint density at radius 2 is 1.73 bits per heavy atom. The predicted molar refractivity (Wildman–Crippen MR) is 143 cm³/mol. The molecule has 0 amide bonds.